The molecule has 3 heterocycles. The van der Waals surface area contributed by atoms with Crippen molar-refractivity contribution in [3.63, 3.8) is 0 Å². The van der Waals surface area contributed by atoms with Gasteiger partial charge in [0.2, 0.25) is 0 Å². The second kappa shape index (κ2) is 6.30. The standard InChI is InChI=1S/C22H25N3/c1-2-6-17(7-3-1)18-11-14-24(15-12-18)16-21-23-20-10-4-8-19-9-5-13-25(21)22(19)20/h1-4,6-8,10,18H,5,9,11-16H2. The van der Waals surface area contributed by atoms with Gasteiger partial charge in [-0.15, -0.1) is 0 Å². The van der Waals surface area contributed by atoms with Crippen molar-refractivity contribution in [2.24, 2.45) is 0 Å². The first-order valence-corrected chi connectivity index (χ1v) is 9.63. The third-order valence-electron chi connectivity index (χ3n) is 5.98. The number of hydrogen-bond acceptors (Lipinski definition) is 2. The van der Waals surface area contributed by atoms with Gasteiger partial charge in [-0.25, -0.2) is 4.98 Å². The summed E-state index contributed by atoms with van der Waals surface area (Å²) in [6.07, 6.45) is 4.96. The van der Waals surface area contributed by atoms with Crippen molar-refractivity contribution in [2.75, 3.05) is 13.1 Å². The minimum atomic E-state index is 0.724. The van der Waals surface area contributed by atoms with E-state index < -0.39 is 0 Å². The Morgan fingerprint density at radius 1 is 0.920 bits per heavy atom. The van der Waals surface area contributed by atoms with Crippen LogP contribution in [0, 0.1) is 0 Å². The number of aryl methyl sites for hydroxylation is 2. The van der Waals surface area contributed by atoms with Gasteiger partial charge in [0.25, 0.3) is 0 Å². The minimum Gasteiger partial charge on any atom is -0.327 e. The van der Waals surface area contributed by atoms with Crippen LogP contribution in [0.2, 0.25) is 0 Å². The highest BCUT2D eigenvalue weighted by Gasteiger charge is 2.23. The van der Waals surface area contributed by atoms with Crippen LogP contribution in [-0.2, 0) is 19.5 Å². The second-order valence-corrected chi connectivity index (χ2v) is 7.53. The molecule has 25 heavy (non-hydrogen) atoms. The van der Waals surface area contributed by atoms with Crippen LogP contribution in [0.5, 0.6) is 0 Å². The maximum atomic E-state index is 4.98. The first-order chi connectivity index (χ1) is 12.4. The van der Waals surface area contributed by atoms with E-state index in [2.05, 4.69) is 58.0 Å². The van der Waals surface area contributed by atoms with Crippen LogP contribution < -0.4 is 0 Å². The molecule has 5 rings (SSSR count). The fourth-order valence-electron chi connectivity index (χ4n) is 4.65. The van der Waals surface area contributed by atoms with E-state index in [0.29, 0.717) is 0 Å². The van der Waals surface area contributed by atoms with E-state index in [4.69, 9.17) is 4.98 Å². The van der Waals surface area contributed by atoms with Crippen molar-refractivity contribution < 1.29 is 0 Å². The van der Waals surface area contributed by atoms with E-state index in [9.17, 15) is 0 Å². The number of piperidine rings is 1. The molecule has 1 saturated heterocycles. The van der Waals surface area contributed by atoms with E-state index >= 15 is 0 Å². The molecule has 3 heteroatoms. The van der Waals surface area contributed by atoms with Gasteiger partial charge in [0, 0.05) is 6.54 Å². The number of hydrogen-bond donors (Lipinski definition) is 0. The first-order valence-electron chi connectivity index (χ1n) is 9.63. The highest BCUT2D eigenvalue weighted by Crippen LogP contribution is 2.30. The summed E-state index contributed by atoms with van der Waals surface area (Å²) in [4.78, 5) is 7.57. The van der Waals surface area contributed by atoms with Crippen molar-refractivity contribution >= 4 is 11.0 Å². The van der Waals surface area contributed by atoms with Gasteiger partial charge >= 0.3 is 0 Å². The lowest BCUT2D eigenvalue weighted by molar-refractivity contribution is 0.198. The summed E-state index contributed by atoms with van der Waals surface area (Å²) in [5, 5.41) is 0. The highest BCUT2D eigenvalue weighted by molar-refractivity contribution is 5.80. The molecule has 0 saturated carbocycles. The number of para-hydroxylation sites is 1. The molecule has 0 bridgehead atoms. The Morgan fingerprint density at radius 2 is 1.76 bits per heavy atom. The maximum absolute atomic E-state index is 4.98. The average molecular weight is 331 g/mol. The maximum Gasteiger partial charge on any atom is 0.124 e. The molecule has 1 fully saturated rings. The Kier molecular flexibility index (Phi) is 3.82. The van der Waals surface area contributed by atoms with Gasteiger partial charge in [0.15, 0.2) is 0 Å². The molecule has 3 nitrogen and oxygen atoms in total. The molecule has 0 N–H and O–H groups in total. The van der Waals surface area contributed by atoms with Crippen molar-refractivity contribution in [1.29, 1.82) is 0 Å². The molecule has 0 radical (unpaired) electrons. The Balaban J connectivity index is 1.33. The second-order valence-electron chi connectivity index (χ2n) is 7.53. The average Bonchev–Trinajstić information content (AvgIpc) is 3.03. The molecule has 1 aromatic heterocycles. The lowest BCUT2D eigenvalue weighted by Crippen LogP contribution is -2.33. The molecule has 128 valence electrons. The highest BCUT2D eigenvalue weighted by atomic mass is 15.2. The minimum absolute atomic E-state index is 0.724. The van der Waals surface area contributed by atoms with Crippen LogP contribution in [0.4, 0.5) is 0 Å². The molecule has 0 amide bonds. The lowest BCUT2D eigenvalue weighted by Gasteiger charge is -2.32. The van der Waals surface area contributed by atoms with Gasteiger partial charge in [-0.3, -0.25) is 4.90 Å². The number of nitrogens with zero attached hydrogens (tertiary/aromatic N) is 3. The molecule has 2 aliphatic heterocycles. The van der Waals surface area contributed by atoms with Crippen molar-refractivity contribution in [3.05, 3.63) is 65.5 Å². The van der Waals surface area contributed by atoms with Gasteiger partial charge in [-0.2, -0.15) is 0 Å². The van der Waals surface area contributed by atoms with E-state index in [1.165, 1.54) is 66.8 Å². The van der Waals surface area contributed by atoms with Crippen LogP contribution in [0.25, 0.3) is 11.0 Å². The predicted octanol–water partition coefficient (Wildman–Crippen LogP) is 4.36. The van der Waals surface area contributed by atoms with E-state index in [-0.39, 0.29) is 0 Å². The SMILES string of the molecule is c1ccc(C2CCN(Cc3nc4cccc5c4n3CCC5)CC2)cc1. The Morgan fingerprint density at radius 3 is 2.60 bits per heavy atom. The zero-order valence-corrected chi connectivity index (χ0v) is 14.7. The zero-order chi connectivity index (χ0) is 16.6. The summed E-state index contributed by atoms with van der Waals surface area (Å²) < 4.78 is 2.48. The van der Waals surface area contributed by atoms with Crippen LogP contribution in [0.15, 0.2) is 48.5 Å². The third kappa shape index (κ3) is 2.77. The summed E-state index contributed by atoms with van der Waals surface area (Å²) in [5.41, 5.74) is 5.56. The molecule has 0 atom stereocenters. The molecule has 2 aliphatic rings. The van der Waals surface area contributed by atoms with E-state index in [1.54, 1.807) is 0 Å². The molecule has 3 aromatic rings. The Labute approximate surface area is 149 Å². The normalized spacial score (nSPS) is 18.7. The van der Waals surface area contributed by atoms with Crippen LogP contribution in [0.1, 0.15) is 42.1 Å². The van der Waals surface area contributed by atoms with E-state index in [1.807, 2.05) is 0 Å². The van der Waals surface area contributed by atoms with Crippen LogP contribution >= 0.6 is 0 Å². The van der Waals surface area contributed by atoms with Crippen molar-refractivity contribution in [1.82, 2.24) is 14.5 Å². The summed E-state index contributed by atoms with van der Waals surface area (Å²) in [6, 6.07) is 17.6. The molecule has 0 unspecified atom stereocenters. The number of rotatable bonds is 3. The third-order valence-corrected chi connectivity index (χ3v) is 5.98. The van der Waals surface area contributed by atoms with E-state index in [0.717, 1.165) is 19.0 Å². The number of aromatic nitrogens is 2. The number of likely N-dealkylation sites (tertiary alicyclic amines) is 1. The van der Waals surface area contributed by atoms with Gasteiger partial charge in [0.05, 0.1) is 17.6 Å². The fraction of sp³-hybridized carbons (Fsp3) is 0.409. The first kappa shape index (κ1) is 15.2. The summed E-state index contributed by atoms with van der Waals surface area (Å²) in [6.45, 7) is 4.48. The molecule has 2 aromatic carbocycles. The fourth-order valence-corrected chi connectivity index (χ4v) is 4.65. The van der Waals surface area contributed by atoms with Crippen LogP contribution in [0.3, 0.4) is 0 Å². The Hall–Kier alpha value is -2.13. The zero-order valence-electron chi connectivity index (χ0n) is 14.7. The monoisotopic (exact) mass is 331 g/mol. The Bertz CT molecular complexity index is 873. The number of imidazole rings is 1. The smallest absolute Gasteiger partial charge is 0.124 e. The van der Waals surface area contributed by atoms with Crippen molar-refractivity contribution in [2.45, 2.75) is 44.7 Å². The molecular weight excluding hydrogens is 306 g/mol. The van der Waals surface area contributed by atoms with Crippen LogP contribution in [-0.4, -0.2) is 27.5 Å². The predicted molar refractivity (Wildman–Crippen MR) is 102 cm³/mol. The van der Waals surface area contributed by atoms with Crippen molar-refractivity contribution in [3.8, 4) is 0 Å². The lowest BCUT2D eigenvalue weighted by atomic mass is 9.89. The topological polar surface area (TPSA) is 21.1 Å². The summed E-state index contributed by atoms with van der Waals surface area (Å²) >= 11 is 0. The van der Waals surface area contributed by atoms with Gasteiger partial charge in [-0.1, -0.05) is 42.5 Å². The van der Waals surface area contributed by atoms with Gasteiger partial charge in [0.1, 0.15) is 5.82 Å². The molecule has 0 spiro atoms. The number of benzene rings is 2. The van der Waals surface area contributed by atoms with Gasteiger partial charge < -0.3 is 4.57 Å². The molecular formula is C22H25N3. The van der Waals surface area contributed by atoms with Gasteiger partial charge in [-0.05, 0) is 61.9 Å². The summed E-state index contributed by atoms with van der Waals surface area (Å²) in [5.74, 6) is 1.99. The largest absolute Gasteiger partial charge is 0.327 e. The quantitative estimate of drug-likeness (QED) is 0.711. The summed E-state index contributed by atoms with van der Waals surface area (Å²) in [7, 11) is 0. The molecule has 0 aliphatic carbocycles.